The van der Waals surface area contributed by atoms with Gasteiger partial charge in [0.25, 0.3) is 5.91 Å². The first kappa shape index (κ1) is 17.6. The van der Waals surface area contributed by atoms with E-state index in [-0.39, 0.29) is 11.7 Å². The first-order valence-corrected chi connectivity index (χ1v) is 9.46. The van der Waals surface area contributed by atoms with E-state index in [1.807, 2.05) is 12.1 Å². The summed E-state index contributed by atoms with van der Waals surface area (Å²) in [5, 5.41) is 2.82. The summed E-state index contributed by atoms with van der Waals surface area (Å²) in [6, 6.07) is 13.6. The van der Waals surface area contributed by atoms with Gasteiger partial charge >= 0.3 is 0 Å². The number of carbonyl (C=O) groups is 1. The summed E-state index contributed by atoms with van der Waals surface area (Å²) < 4.78 is 18.4. The molecule has 5 nitrogen and oxygen atoms in total. The molecular weight excluding hydrogens is 365 g/mol. The molecule has 1 aliphatic rings. The predicted octanol–water partition coefficient (Wildman–Crippen LogP) is 4.04. The number of aromatic nitrogens is 1. The minimum absolute atomic E-state index is 0.208. The summed E-state index contributed by atoms with van der Waals surface area (Å²) in [7, 11) is 0. The highest BCUT2D eigenvalue weighted by Gasteiger charge is 2.14. The van der Waals surface area contributed by atoms with Crippen molar-refractivity contribution in [3.8, 4) is 10.4 Å². The van der Waals surface area contributed by atoms with Crippen molar-refractivity contribution in [2.45, 2.75) is 0 Å². The minimum Gasteiger partial charge on any atom is -0.378 e. The molecule has 0 unspecified atom stereocenters. The van der Waals surface area contributed by atoms with E-state index in [1.54, 1.807) is 30.5 Å². The molecule has 1 amide bonds. The van der Waals surface area contributed by atoms with E-state index in [4.69, 9.17) is 4.74 Å². The number of nitrogens with one attached hydrogen (secondary N) is 1. The van der Waals surface area contributed by atoms with E-state index < -0.39 is 0 Å². The summed E-state index contributed by atoms with van der Waals surface area (Å²) >= 11 is 1.36. The number of amides is 1. The third-order valence-corrected chi connectivity index (χ3v) is 5.46. The summed E-state index contributed by atoms with van der Waals surface area (Å²) in [6.45, 7) is 3.12. The van der Waals surface area contributed by atoms with Crippen LogP contribution in [0.15, 0.2) is 54.7 Å². The van der Waals surface area contributed by atoms with Crippen LogP contribution < -0.4 is 10.2 Å². The van der Waals surface area contributed by atoms with Gasteiger partial charge in [-0.3, -0.25) is 4.79 Å². The maximum absolute atomic E-state index is 13.0. The molecule has 0 bridgehead atoms. The Morgan fingerprint density at radius 2 is 1.85 bits per heavy atom. The van der Waals surface area contributed by atoms with Crippen LogP contribution in [0.2, 0.25) is 0 Å². The van der Waals surface area contributed by atoms with E-state index in [9.17, 15) is 9.18 Å². The Bertz CT molecular complexity index is 919. The molecular formula is C20H18FN3O2S. The summed E-state index contributed by atoms with van der Waals surface area (Å²) in [5.41, 5.74) is 1.90. The molecule has 7 heteroatoms. The number of nitrogens with zero attached hydrogens (tertiary/aromatic N) is 2. The van der Waals surface area contributed by atoms with Crippen LogP contribution in [0.1, 0.15) is 9.67 Å². The molecule has 3 aromatic rings. The molecule has 0 aliphatic carbocycles. The maximum atomic E-state index is 13.0. The first-order valence-electron chi connectivity index (χ1n) is 8.65. The fourth-order valence-electron chi connectivity index (χ4n) is 2.88. The van der Waals surface area contributed by atoms with Gasteiger partial charge in [0.1, 0.15) is 11.6 Å². The van der Waals surface area contributed by atoms with Crippen molar-refractivity contribution in [1.29, 1.82) is 0 Å². The smallest absolute Gasteiger partial charge is 0.266 e. The summed E-state index contributed by atoms with van der Waals surface area (Å²) in [4.78, 5) is 20.5. The molecule has 0 saturated carbocycles. The number of ether oxygens (including phenoxy) is 1. The summed E-state index contributed by atoms with van der Waals surface area (Å²) in [5.74, 6) is 0.0219. The van der Waals surface area contributed by atoms with E-state index in [0.29, 0.717) is 23.9 Å². The Labute approximate surface area is 160 Å². The van der Waals surface area contributed by atoms with Gasteiger partial charge in [0.15, 0.2) is 0 Å². The number of hydrogen-bond donors (Lipinski definition) is 1. The lowest BCUT2D eigenvalue weighted by Crippen LogP contribution is -2.36. The van der Waals surface area contributed by atoms with E-state index in [1.165, 1.54) is 23.5 Å². The average molecular weight is 383 g/mol. The van der Waals surface area contributed by atoms with Crippen molar-refractivity contribution >= 4 is 28.7 Å². The normalized spacial score (nSPS) is 14.2. The molecule has 1 aliphatic heterocycles. The number of pyridine rings is 1. The van der Waals surface area contributed by atoms with Crippen molar-refractivity contribution in [2.75, 3.05) is 36.5 Å². The Morgan fingerprint density at radius 3 is 2.56 bits per heavy atom. The van der Waals surface area contributed by atoms with Crippen LogP contribution in [0.25, 0.3) is 10.4 Å². The van der Waals surface area contributed by atoms with E-state index in [2.05, 4.69) is 15.2 Å². The second-order valence-electron chi connectivity index (χ2n) is 6.13. The zero-order valence-corrected chi connectivity index (χ0v) is 15.3. The molecule has 138 valence electrons. The molecule has 2 aromatic heterocycles. The average Bonchev–Trinajstić information content (AvgIpc) is 3.20. The van der Waals surface area contributed by atoms with Crippen molar-refractivity contribution < 1.29 is 13.9 Å². The lowest BCUT2D eigenvalue weighted by atomic mass is 10.2. The van der Waals surface area contributed by atoms with Crippen LogP contribution in [0.4, 0.5) is 15.9 Å². The van der Waals surface area contributed by atoms with Gasteiger partial charge in [-0.15, -0.1) is 11.3 Å². The Hall–Kier alpha value is -2.77. The quantitative estimate of drug-likeness (QED) is 0.739. The van der Waals surface area contributed by atoms with E-state index >= 15 is 0 Å². The molecule has 0 atom stereocenters. The highest BCUT2D eigenvalue weighted by molar-refractivity contribution is 7.17. The van der Waals surface area contributed by atoms with Crippen molar-refractivity contribution in [3.05, 3.63) is 65.4 Å². The summed E-state index contributed by atoms with van der Waals surface area (Å²) in [6.07, 6.45) is 1.76. The standard InChI is InChI=1S/C20H18FN3O2S/c21-15-3-1-14(2-4-15)17-6-7-18(27-17)20(25)23-19-8-5-16(13-22-19)24-9-11-26-12-10-24/h1-8,13H,9-12H2,(H,22,23,25). The number of morpholine rings is 1. The highest BCUT2D eigenvalue weighted by Crippen LogP contribution is 2.28. The van der Waals surface area contributed by atoms with Gasteiger partial charge in [0.05, 0.1) is 30.0 Å². The van der Waals surface area contributed by atoms with Crippen molar-refractivity contribution in [3.63, 3.8) is 0 Å². The third-order valence-electron chi connectivity index (χ3n) is 4.32. The lowest BCUT2D eigenvalue weighted by molar-refractivity contribution is 0.103. The number of hydrogen-bond acceptors (Lipinski definition) is 5. The molecule has 0 radical (unpaired) electrons. The van der Waals surface area contributed by atoms with Crippen molar-refractivity contribution in [2.24, 2.45) is 0 Å². The van der Waals surface area contributed by atoms with Crippen LogP contribution in [-0.2, 0) is 4.74 Å². The third kappa shape index (κ3) is 4.15. The number of rotatable bonds is 4. The van der Waals surface area contributed by atoms with Gasteiger partial charge < -0.3 is 15.0 Å². The molecule has 4 rings (SSSR count). The Kier molecular flexibility index (Phi) is 5.13. The van der Waals surface area contributed by atoms with Gasteiger partial charge in [0, 0.05) is 18.0 Å². The lowest BCUT2D eigenvalue weighted by Gasteiger charge is -2.28. The van der Waals surface area contributed by atoms with Crippen LogP contribution >= 0.6 is 11.3 Å². The van der Waals surface area contributed by atoms with Crippen molar-refractivity contribution in [1.82, 2.24) is 4.98 Å². The molecule has 1 N–H and O–H groups in total. The highest BCUT2D eigenvalue weighted by atomic mass is 32.1. The SMILES string of the molecule is O=C(Nc1ccc(N2CCOCC2)cn1)c1ccc(-c2ccc(F)cc2)s1. The predicted molar refractivity (Wildman–Crippen MR) is 105 cm³/mol. The second-order valence-corrected chi connectivity index (χ2v) is 7.21. The minimum atomic E-state index is -0.278. The zero-order chi connectivity index (χ0) is 18.6. The second kappa shape index (κ2) is 7.85. The van der Waals surface area contributed by atoms with Crippen LogP contribution in [-0.4, -0.2) is 37.2 Å². The number of thiophene rings is 1. The van der Waals surface area contributed by atoms with Crippen LogP contribution in [0, 0.1) is 5.82 Å². The van der Waals surface area contributed by atoms with Gasteiger partial charge in [-0.1, -0.05) is 12.1 Å². The number of benzene rings is 1. The number of anilines is 2. The molecule has 1 saturated heterocycles. The maximum Gasteiger partial charge on any atom is 0.266 e. The van der Waals surface area contributed by atoms with Gasteiger partial charge in [0.2, 0.25) is 0 Å². The molecule has 27 heavy (non-hydrogen) atoms. The molecule has 0 spiro atoms. The molecule has 3 heterocycles. The fraction of sp³-hybridized carbons (Fsp3) is 0.200. The monoisotopic (exact) mass is 383 g/mol. The fourth-order valence-corrected chi connectivity index (χ4v) is 3.78. The van der Waals surface area contributed by atoms with Gasteiger partial charge in [-0.2, -0.15) is 0 Å². The largest absolute Gasteiger partial charge is 0.378 e. The van der Waals surface area contributed by atoms with Crippen LogP contribution in [0.5, 0.6) is 0 Å². The number of halogens is 1. The Balaban J connectivity index is 1.42. The molecule has 1 aromatic carbocycles. The number of carbonyl (C=O) groups excluding carboxylic acids is 1. The first-order chi connectivity index (χ1) is 13.2. The zero-order valence-electron chi connectivity index (χ0n) is 14.5. The molecule has 1 fully saturated rings. The van der Waals surface area contributed by atoms with Crippen LogP contribution in [0.3, 0.4) is 0 Å². The Morgan fingerprint density at radius 1 is 1.07 bits per heavy atom. The van der Waals surface area contributed by atoms with Gasteiger partial charge in [-0.25, -0.2) is 9.37 Å². The topological polar surface area (TPSA) is 54.5 Å². The van der Waals surface area contributed by atoms with E-state index in [0.717, 1.165) is 29.2 Å². The van der Waals surface area contributed by atoms with Gasteiger partial charge in [-0.05, 0) is 42.0 Å².